The Morgan fingerprint density at radius 1 is 1.35 bits per heavy atom. The Labute approximate surface area is 154 Å². The SMILES string of the molecule is C/C=C\c1c(N)ncc(C(=O)N[C@H]2CCCc3ccccc32)c1N(C)C. The van der Waals surface area contributed by atoms with Crippen molar-refractivity contribution in [1.82, 2.24) is 10.3 Å². The van der Waals surface area contributed by atoms with E-state index in [9.17, 15) is 4.79 Å². The number of pyridine rings is 1. The van der Waals surface area contributed by atoms with Gasteiger partial charge >= 0.3 is 0 Å². The minimum absolute atomic E-state index is 0.0326. The number of aromatic nitrogens is 1. The molecule has 0 spiro atoms. The average Bonchev–Trinajstić information content (AvgIpc) is 2.63. The lowest BCUT2D eigenvalue weighted by Crippen LogP contribution is -2.32. The molecule has 136 valence electrons. The van der Waals surface area contributed by atoms with E-state index in [0.29, 0.717) is 11.4 Å². The molecule has 0 aliphatic heterocycles. The Balaban J connectivity index is 1.95. The Hall–Kier alpha value is -2.82. The second kappa shape index (κ2) is 7.60. The van der Waals surface area contributed by atoms with Crippen molar-refractivity contribution in [2.45, 2.75) is 32.2 Å². The molecule has 0 saturated heterocycles. The summed E-state index contributed by atoms with van der Waals surface area (Å²) in [6.07, 6.45) is 8.46. The van der Waals surface area contributed by atoms with Crippen LogP contribution in [0.5, 0.6) is 0 Å². The summed E-state index contributed by atoms with van der Waals surface area (Å²) in [4.78, 5) is 19.2. The van der Waals surface area contributed by atoms with Crippen molar-refractivity contribution in [3.05, 3.63) is 58.8 Å². The van der Waals surface area contributed by atoms with Gasteiger partial charge in [-0.2, -0.15) is 0 Å². The molecule has 3 N–H and O–H groups in total. The van der Waals surface area contributed by atoms with Crippen LogP contribution in [0.25, 0.3) is 6.08 Å². The van der Waals surface area contributed by atoms with Gasteiger partial charge in [-0.25, -0.2) is 4.98 Å². The van der Waals surface area contributed by atoms with Gasteiger partial charge < -0.3 is 16.0 Å². The van der Waals surface area contributed by atoms with Crippen LogP contribution in [0.2, 0.25) is 0 Å². The molecule has 3 rings (SSSR count). The summed E-state index contributed by atoms with van der Waals surface area (Å²) in [5.74, 6) is 0.306. The van der Waals surface area contributed by atoms with E-state index < -0.39 is 0 Å². The number of anilines is 2. The molecule has 1 aromatic heterocycles. The molecular formula is C21H26N4O. The number of allylic oxidation sites excluding steroid dienone is 1. The highest BCUT2D eigenvalue weighted by Gasteiger charge is 2.24. The lowest BCUT2D eigenvalue weighted by molar-refractivity contribution is 0.0933. The number of benzene rings is 1. The van der Waals surface area contributed by atoms with Crippen molar-refractivity contribution < 1.29 is 4.79 Å². The zero-order chi connectivity index (χ0) is 18.7. The predicted molar refractivity (Wildman–Crippen MR) is 107 cm³/mol. The summed E-state index contributed by atoms with van der Waals surface area (Å²) in [6.45, 7) is 1.92. The van der Waals surface area contributed by atoms with Gasteiger partial charge in [-0.1, -0.05) is 36.4 Å². The number of nitrogens with one attached hydrogen (secondary N) is 1. The predicted octanol–water partition coefficient (Wildman–Crippen LogP) is 3.57. The van der Waals surface area contributed by atoms with E-state index in [-0.39, 0.29) is 11.9 Å². The molecule has 1 amide bonds. The minimum Gasteiger partial charge on any atom is -0.383 e. The smallest absolute Gasteiger partial charge is 0.255 e. The lowest BCUT2D eigenvalue weighted by Gasteiger charge is -2.27. The first-order valence-electron chi connectivity index (χ1n) is 9.00. The number of hydrogen-bond acceptors (Lipinski definition) is 4. The molecule has 1 aromatic carbocycles. The van der Waals surface area contributed by atoms with E-state index >= 15 is 0 Å². The highest BCUT2D eigenvalue weighted by atomic mass is 16.1. The number of amides is 1. The van der Waals surface area contributed by atoms with Gasteiger partial charge in [0.1, 0.15) is 5.82 Å². The fourth-order valence-electron chi connectivity index (χ4n) is 3.65. The Bertz CT molecular complexity index is 842. The number of fused-ring (bicyclic) bond motifs is 1. The molecule has 2 aromatic rings. The first-order chi connectivity index (χ1) is 12.5. The van der Waals surface area contributed by atoms with Crippen molar-refractivity contribution >= 4 is 23.5 Å². The summed E-state index contributed by atoms with van der Waals surface area (Å²) < 4.78 is 0. The maximum Gasteiger partial charge on any atom is 0.255 e. The third-order valence-electron chi connectivity index (χ3n) is 4.82. The van der Waals surface area contributed by atoms with E-state index in [1.165, 1.54) is 11.1 Å². The highest BCUT2D eigenvalue weighted by Crippen LogP contribution is 2.32. The van der Waals surface area contributed by atoms with Crippen LogP contribution in [0, 0.1) is 0 Å². The van der Waals surface area contributed by atoms with Gasteiger partial charge in [-0.05, 0) is 37.3 Å². The van der Waals surface area contributed by atoms with E-state index in [2.05, 4.69) is 28.5 Å². The highest BCUT2D eigenvalue weighted by molar-refractivity contribution is 6.02. The summed E-state index contributed by atoms with van der Waals surface area (Å²) in [7, 11) is 3.82. The zero-order valence-corrected chi connectivity index (χ0v) is 15.6. The third-order valence-corrected chi connectivity index (χ3v) is 4.82. The van der Waals surface area contributed by atoms with Crippen LogP contribution in [0.3, 0.4) is 0 Å². The zero-order valence-electron chi connectivity index (χ0n) is 15.6. The fourth-order valence-corrected chi connectivity index (χ4v) is 3.65. The lowest BCUT2D eigenvalue weighted by atomic mass is 9.87. The van der Waals surface area contributed by atoms with Crippen LogP contribution in [-0.2, 0) is 6.42 Å². The number of nitrogens with zero attached hydrogens (tertiary/aromatic N) is 2. The molecule has 0 fully saturated rings. The standard InChI is InChI=1S/C21H26N4O/c1-4-8-16-19(25(2)3)17(13-23-20(16)22)21(26)24-18-12-7-10-14-9-5-6-11-15(14)18/h4-6,8-9,11,13,18H,7,10,12H2,1-3H3,(H2,22,23)(H,24,26)/b8-4-/t18-/m0/s1. The van der Waals surface area contributed by atoms with Gasteiger partial charge in [-0.15, -0.1) is 0 Å². The third kappa shape index (κ3) is 3.43. The molecule has 0 saturated carbocycles. The Morgan fingerprint density at radius 2 is 2.12 bits per heavy atom. The van der Waals surface area contributed by atoms with E-state index in [1.807, 2.05) is 44.1 Å². The van der Waals surface area contributed by atoms with Gasteiger partial charge in [0.25, 0.3) is 5.91 Å². The Morgan fingerprint density at radius 3 is 2.85 bits per heavy atom. The van der Waals surface area contributed by atoms with Gasteiger partial charge in [-0.3, -0.25) is 4.79 Å². The topological polar surface area (TPSA) is 71.2 Å². The van der Waals surface area contributed by atoms with Gasteiger partial charge in [0.2, 0.25) is 0 Å². The molecule has 5 heteroatoms. The summed E-state index contributed by atoms with van der Waals surface area (Å²) >= 11 is 0. The number of carbonyl (C=O) groups is 1. The van der Waals surface area contributed by atoms with Crippen LogP contribution in [0.4, 0.5) is 11.5 Å². The molecular weight excluding hydrogens is 324 g/mol. The number of hydrogen-bond donors (Lipinski definition) is 2. The van der Waals surface area contributed by atoms with Crippen molar-refractivity contribution in [3.63, 3.8) is 0 Å². The second-order valence-electron chi connectivity index (χ2n) is 6.83. The van der Waals surface area contributed by atoms with Crippen LogP contribution in [-0.4, -0.2) is 25.0 Å². The van der Waals surface area contributed by atoms with E-state index in [0.717, 1.165) is 30.5 Å². The summed E-state index contributed by atoms with van der Waals surface area (Å²) in [5.41, 5.74) is 10.7. The summed E-state index contributed by atoms with van der Waals surface area (Å²) in [6, 6.07) is 8.38. The molecule has 1 aliphatic carbocycles. The Kier molecular flexibility index (Phi) is 5.26. The minimum atomic E-state index is -0.117. The molecule has 0 radical (unpaired) electrons. The monoisotopic (exact) mass is 350 g/mol. The van der Waals surface area contributed by atoms with Crippen molar-refractivity contribution in [3.8, 4) is 0 Å². The molecule has 1 atom stereocenters. The average molecular weight is 350 g/mol. The van der Waals surface area contributed by atoms with Gasteiger partial charge in [0.15, 0.2) is 0 Å². The van der Waals surface area contributed by atoms with E-state index in [4.69, 9.17) is 5.73 Å². The quantitative estimate of drug-likeness (QED) is 0.884. The van der Waals surface area contributed by atoms with Crippen molar-refractivity contribution in [2.75, 3.05) is 24.7 Å². The van der Waals surface area contributed by atoms with Gasteiger partial charge in [0.05, 0.1) is 17.3 Å². The second-order valence-corrected chi connectivity index (χ2v) is 6.83. The molecule has 1 aliphatic rings. The number of nitrogen functional groups attached to an aromatic ring is 1. The molecule has 0 unspecified atom stereocenters. The summed E-state index contributed by atoms with van der Waals surface area (Å²) in [5, 5.41) is 3.20. The number of aryl methyl sites for hydroxylation is 1. The van der Waals surface area contributed by atoms with Crippen molar-refractivity contribution in [2.24, 2.45) is 0 Å². The fraction of sp³-hybridized carbons (Fsp3) is 0.333. The van der Waals surface area contributed by atoms with Crippen LogP contribution in [0.1, 0.15) is 52.9 Å². The largest absolute Gasteiger partial charge is 0.383 e. The van der Waals surface area contributed by atoms with E-state index in [1.54, 1.807) is 6.20 Å². The molecule has 1 heterocycles. The molecule has 0 bridgehead atoms. The normalized spacial score (nSPS) is 16.3. The number of carbonyl (C=O) groups excluding carboxylic acids is 1. The first kappa shape index (κ1) is 18.0. The van der Waals surface area contributed by atoms with Crippen LogP contribution >= 0.6 is 0 Å². The van der Waals surface area contributed by atoms with Gasteiger partial charge in [0, 0.05) is 25.9 Å². The molecule has 5 nitrogen and oxygen atoms in total. The van der Waals surface area contributed by atoms with Crippen LogP contribution < -0.4 is 16.0 Å². The van der Waals surface area contributed by atoms with Crippen LogP contribution in [0.15, 0.2) is 36.5 Å². The number of rotatable bonds is 4. The molecule has 26 heavy (non-hydrogen) atoms. The first-order valence-corrected chi connectivity index (χ1v) is 9.00. The maximum atomic E-state index is 13.1. The maximum absolute atomic E-state index is 13.1. The number of nitrogens with two attached hydrogens (primary N) is 1. The van der Waals surface area contributed by atoms with Crippen molar-refractivity contribution in [1.29, 1.82) is 0 Å².